The monoisotopic (exact) mass is 1270 g/mol. The van der Waals surface area contributed by atoms with Crippen LogP contribution in [-0.2, 0) is 0 Å². The Morgan fingerprint density at radius 1 is 0.160 bits per heavy atom. The molecule has 0 aliphatic heterocycles. The Kier molecular flexibility index (Phi) is 13.1. The van der Waals surface area contributed by atoms with Gasteiger partial charge >= 0.3 is 0 Å². The van der Waals surface area contributed by atoms with Crippen molar-refractivity contribution >= 4 is 87.2 Å². The molecule has 0 N–H and O–H groups in total. The first-order valence-electron chi connectivity index (χ1n) is 33.9. The second-order valence-electron chi connectivity index (χ2n) is 25.7. The van der Waals surface area contributed by atoms with Crippen molar-refractivity contribution in [2.75, 3.05) is 0 Å². The molecule has 6 heterocycles. The summed E-state index contributed by atoms with van der Waals surface area (Å²) in [6.07, 6.45) is 0. The largest absolute Gasteiger partial charge is 0.309 e. The number of hydrogen-bond acceptors (Lipinski definition) is 4. The van der Waals surface area contributed by atoms with Gasteiger partial charge in [0.2, 0.25) is 0 Å². The first-order chi connectivity index (χ1) is 49.6. The zero-order chi connectivity index (χ0) is 65.8. The van der Waals surface area contributed by atoms with Crippen LogP contribution in [0.2, 0.25) is 0 Å². The maximum Gasteiger partial charge on any atom is 0.165 e. The van der Waals surface area contributed by atoms with E-state index in [9.17, 15) is 0 Å². The fourth-order valence-electron chi connectivity index (χ4n) is 15.6. The highest BCUT2D eigenvalue weighted by atomic mass is 15.0. The van der Waals surface area contributed by atoms with Crippen molar-refractivity contribution in [3.8, 4) is 102 Å². The average Bonchev–Trinajstić information content (AvgIpc) is 1.24. The van der Waals surface area contributed by atoms with Gasteiger partial charge in [-0.25, -0.2) is 19.9 Å². The highest BCUT2D eigenvalue weighted by Gasteiger charge is 2.31. The van der Waals surface area contributed by atoms with Gasteiger partial charge in [0.1, 0.15) is 0 Å². The quantitative estimate of drug-likeness (QED) is 0.129. The van der Waals surface area contributed by atoms with Gasteiger partial charge in [-0.05, 0) is 132 Å². The van der Waals surface area contributed by atoms with Crippen LogP contribution in [0.15, 0.2) is 352 Å². The van der Waals surface area contributed by atoms with E-state index >= 15 is 0 Å². The fourth-order valence-corrected chi connectivity index (χ4v) is 15.6. The van der Waals surface area contributed by atoms with Crippen molar-refractivity contribution in [1.29, 1.82) is 0 Å². The molecule has 20 rings (SSSR count). The second-order valence-corrected chi connectivity index (χ2v) is 25.7. The Hall–Kier alpha value is -13.6. The van der Waals surface area contributed by atoms with Crippen LogP contribution in [0.4, 0.5) is 0 Å². The van der Waals surface area contributed by atoms with Crippen LogP contribution in [0.1, 0.15) is 0 Å². The molecular formula is C92H58N8. The van der Waals surface area contributed by atoms with Crippen molar-refractivity contribution in [3.63, 3.8) is 0 Å². The standard InChI is InChI=1S/C92H58N8/c1-7-27-59(28-8-1)90-94-91(60-29-9-2-10-30-60)96-92(95-90)87-85(61-47-51-81-73(55-61)69-39-19-23-43-77(69)97(81)65-31-11-3-12-32-65)88(63-49-53-83-75(57-63)71-41-21-25-45-79(71)99(83)67-35-15-5-16-36-67)93-89(64-50-54-84-76(58-64)72-42-22-26-46-80(72)100(84)68-37-17-6-18-38-68)86(87)62-48-52-82-74(56-62)70-40-20-24-44-78(70)98(82)66-33-13-4-14-34-66/h1-58H. The molecule has 8 nitrogen and oxygen atoms in total. The van der Waals surface area contributed by atoms with Crippen LogP contribution in [0.25, 0.3) is 189 Å². The Labute approximate surface area is 575 Å². The minimum atomic E-state index is 0.504. The predicted molar refractivity (Wildman–Crippen MR) is 413 cm³/mol. The van der Waals surface area contributed by atoms with Gasteiger partial charge in [-0.3, -0.25) is 0 Å². The highest BCUT2D eigenvalue weighted by Crippen LogP contribution is 2.52. The highest BCUT2D eigenvalue weighted by molar-refractivity contribution is 6.17. The summed E-state index contributed by atoms with van der Waals surface area (Å²) >= 11 is 0. The van der Waals surface area contributed by atoms with Gasteiger partial charge in [0, 0.05) is 105 Å². The van der Waals surface area contributed by atoms with Gasteiger partial charge in [-0.15, -0.1) is 0 Å². The molecule has 0 aliphatic rings. The number of nitrogens with zero attached hydrogens (tertiary/aromatic N) is 8. The van der Waals surface area contributed by atoms with Crippen molar-refractivity contribution < 1.29 is 0 Å². The van der Waals surface area contributed by atoms with E-state index in [4.69, 9.17) is 19.9 Å². The summed E-state index contributed by atoms with van der Waals surface area (Å²) in [6, 6.07) is 126. The van der Waals surface area contributed by atoms with Crippen LogP contribution in [0.5, 0.6) is 0 Å². The van der Waals surface area contributed by atoms with Crippen molar-refractivity contribution in [1.82, 2.24) is 38.2 Å². The van der Waals surface area contributed by atoms with Crippen molar-refractivity contribution in [2.45, 2.75) is 0 Å². The topological polar surface area (TPSA) is 71.3 Å². The lowest BCUT2D eigenvalue weighted by molar-refractivity contribution is 1.07. The molecule has 14 aromatic carbocycles. The third-order valence-corrected chi connectivity index (χ3v) is 20.0. The Morgan fingerprint density at radius 2 is 0.400 bits per heavy atom. The van der Waals surface area contributed by atoms with Crippen LogP contribution in [-0.4, -0.2) is 38.2 Å². The van der Waals surface area contributed by atoms with Crippen molar-refractivity contribution in [3.05, 3.63) is 352 Å². The molecule has 0 saturated heterocycles. The molecule has 0 fully saturated rings. The lowest BCUT2D eigenvalue weighted by atomic mass is 9.84. The number of hydrogen-bond donors (Lipinski definition) is 0. The summed E-state index contributed by atoms with van der Waals surface area (Å²) in [6.45, 7) is 0. The molecule has 0 aliphatic carbocycles. The van der Waals surface area contributed by atoms with Crippen LogP contribution >= 0.6 is 0 Å². The van der Waals surface area contributed by atoms with Crippen LogP contribution < -0.4 is 0 Å². The SMILES string of the molecule is c1ccc(-c2nc(-c3ccccc3)nc(-c3c(-c4ccc5c(c4)c4ccccc4n5-c4ccccc4)c(-c4ccc5c(c4)c4ccccc4n5-c4ccccc4)nc(-c4ccc5c(c4)c4ccccc4n5-c4ccccc4)c3-c3ccc4c(c3)c3ccccc3n4-c3ccccc3)n2)cc1. The smallest absolute Gasteiger partial charge is 0.165 e. The second kappa shape index (κ2) is 23.1. The minimum Gasteiger partial charge on any atom is -0.309 e. The van der Waals surface area contributed by atoms with Gasteiger partial charge < -0.3 is 18.3 Å². The summed E-state index contributed by atoms with van der Waals surface area (Å²) in [5.41, 5.74) is 22.7. The summed E-state index contributed by atoms with van der Waals surface area (Å²) in [4.78, 5) is 23.5. The molecule has 466 valence electrons. The van der Waals surface area contributed by atoms with Gasteiger partial charge in [0.05, 0.1) is 55.5 Å². The molecule has 0 spiro atoms. The molecule has 6 aromatic heterocycles. The summed E-state index contributed by atoms with van der Waals surface area (Å²) in [7, 11) is 0. The first-order valence-corrected chi connectivity index (χ1v) is 33.9. The first kappa shape index (κ1) is 56.8. The average molecular weight is 1280 g/mol. The Morgan fingerprint density at radius 3 is 0.710 bits per heavy atom. The van der Waals surface area contributed by atoms with E-state index in [-0.39, 0.29) is 0 Å². The Balaban J connectivity index is 0.990. The lowest BCUT2D eigenvalue weighted by Gasteiger charge is -2.23. The van der Waals surface area contributed by atoms with E-state index in [0.29, 0.717) is 17.5 Å². The molecule has 0 radical (unpaired) electrons. The lowest BCUT2D eigenvalue weighted by Crippen LogP contribution is -2.06. The minimum absolute atomic E-state index is 0.504. The Bertz CT molecular complexity index is 6220. The molecule has 8 heteroatoms. The molecule has 0 unspecified atom stereocenters. The molecular weight excluding hydrogens is 1220 g/mol. The molecule has 20 aromatic rings. The summed E-state index contributed by atoms with van der Waals surface area (Å²) in [5, 5.41) is 8.94. The molecule has 100 heavy (non-hydrogen) atoms. The van der Waals surface area contributed by atoms with E-state index in [2.05, 4.69) is 358 Å². The molecule has 0 amide bonds. The van der Waals surface area contributed by atoms with Gasteiger partial charge in [-0.2, -0.15) is 0 Å². The van der Waals surface area contributed by atoms with Gasteiger partial charge in [0.25, 0.3) is 0 Å². The third-order valence-electron chi connectivity index (χ3n) is 20.0. The predicted octanol–water partition coefficient (Wildman–Crippen LogP) is 23.3. The molecule has 0 atom stereocenters. The maximum atomic E-state index is 6.41. The maximum absolute atomic E-state index is 6.41. The third kappa shape index (κ3) is 9.08. The molecule has 0 bridgehead atoms. The zero-order valence-electron chi connectivity index (χ0n) is 54.1. The zero-order valence-corrected chi connectivity index (χ0v) is 54.1. The molecule has 0 saturated carbocycles. The number of aromatic nitrogens is 8. The number of rotatable bonds is 11. The number of fused-ring (bicyclic) bond motifs is 12. The van der Waals surface area contributed by atoms with Crippen LogP contribution in [0.3, 0.4) is 0 Å². The van der Waals surface area contributed by atoms with E-state index in [1.807, 2.05) is 12.1 Å². The number of para-hydroxylation sites is 8. The van der Waals surface area contributed by atoms with Gasteiger partial charge in [0.15, 0.2) is 17.5 Å². The van der Waals surface area contributed by atoms with E-state index < -0.39 is 0 Å². The van der Waals surface area contributed by atoms with E-state index in [0.717, 1.165) is 171 Å². The van der Waals surface area contributed by atoms with E-state index in [1.165, 1.54) is 0 Å². The number of pyridine rings is 1. The summed E-state index contributed by atoms with van der Waals surface area (Å²) in [5.74, 6) is 1.60. The van der Waals surface area contributed by atoms with Crippen LogP contribution in [0, 0.1) is 0 Å². The normalized spacial score (nSPS) is 11.8. The summed E-state index contributed by atoms with van der Waals surface area (Å²) < 4.78 is 9.53. The van der Waals surface area contributed by atoms with E-state index in [1.54, 1.807) is 0 Å². The van der Waals surface area contributed by atoms with Crippen molar-refractivity contribution in [2.24, 2.45) is 0 Å². The fraction of sp³-hybridized carbons (Fsp3) is 0. The number of benzene rings is 14. The van der Waals surface area contributed by atoms with Gasteiger partial charge in [-0.1, -0.05) is 231 Å².